The van der Waals surface area contributed by atoms with E-state index in [9.17, 15) is 4.79 Å². The van der Waals surface area contributed by atoms with Gasteiger partial charge in [0.05, 0.1) is 0 Å². The summed E-state index contributed by atoms with van der Waals surface area (Å²) < 4.78 is 5.13. The van der Waals surface area contributed by atoms with Crippen LogP contribution in [0.25, 0.3) is 0 Å². The number of hydrogen-bond acceptors (Lipinski definition) is 3. The third-order valence-corrected chi connectivity index (χ3v) is 2.20. The first-order valence-electron chi connectivity index (χ1n) is 6.15. The molecule has 0 aliphatic rings. The van der Waals surface area contributed by atoms with Crippen LogP contribution in [0, 0.1) is 0 Å². The topological polar surface area (TPSA) is 50.4 Å². The minimum atomic E-state index is -0.478. The lowest BCUT2D eigenvalue weighted by Crippen LogP contribution is -2.46. The van der Waals surface area contributed by atoms with Crippen molar-refractivity contribution in [2.45, 2.75) is 45.8 Å². The van der Waals surface area contributed by atoms with Crippen LogP contribution in [0.2, 0.25) is 0 Å². The molecule has 1 rings (SSSR count). The lowest BCUT2D eigenvalue weighted by atomic mass is 10.1. The molecule has 4 nitrogen and oxygen atoms in total. The molecule has 0 fully saturated rings. The van der Waals surface area contributed by atoms with Gasteiger partial charge in [-0.25, -0.2) is 10.2 Å². The zero-order chi connectivity index (χ0) is 13.6. The normalized spacial score (nSPS) is 12.9. The van der Waals surface area contributed by atoms with Crippen molar-refractivity contribution in [2.24, 2.45) is 0 Å². The van der Waals surface area contributed by atoms with Crippen molar-refractivity contribution in [3.63, 3.8) is 0 Å². The Bertz CT molecular complexity index is 371. The van der Waals surface area contributed by atoms with Crippen molar-refractivity contribution in [2.75, 3.05) is 0 Å². The van der Waals surface area contributed by atoms with E-state index in [4.69, 9.17) is 4.74 Å². The number of benzene rings is 1. The van der Waals surface area contributed by atoms with Gasteiger partial charge >= 0.3 is 6.09 Å². The fourth-order valence-electron chi connectivity index (χ4n) is 1.50. The molecule has 18 heavy (non-hydrogen) atoms. The fraction of sp³-hybridized carbons (Fsp3) is 0.500. The van der Waals surface area contributed by atoms with Gasteiger partial charge in [0.2, 0.25) is 0 Å². The summed E-state index contributed by atoms with van der Waals surface area (Å²) in [7, 11) is 0. The van der Waals surface area contributed by atoms with Gasteiger partial charge < -0.3 is 4.74 Å². The maximum atomic E-state index is 11.4. The fourth-order valence-corrected chi connectivity index (χ4v) is 1.50. The number of nitrogens with one attached hydrogen (secondary N) is 2. The highest BCUT2D eigenvalue weighted by molar-refractivity contribution is 5.67. The minimum Gasteiger partial charge on any atom is -0.443 e. The SMILES string of the molecule is CC(Cc1ccccc1)NNC(=O)OC(C)(C)C. The third kappa shape index (κ3) is 6.25. The molecule has 0 saturated carbocycles. The zero-order valence-electron chi connectivity index (χ0n) is 11.5. The molecule has 0 heterocycles. The Balaban J connectivity index is 2.29. The van der Waals surface area contributed by atoms with Gasteiger partial charge in [-0.1, -0.05) is 30.3 Å². The van der Waals surface area contributed by atoms with E-state index >= 15 is 0 Å². The summed E-state index contributed by atoms with van der Waals surface area (Å²) in [6.45, 7) is 7.50. The van der Waals surface area contributed by atoms with E-state index in [2.05, 4.69) is 23.0 Å². The predicted octanol–water partition coefficient (Wildman–Crippen LogP) is 2.65. The molecule has 1 aromatic carbocycles. The summed E-state index contributed by atoms with van der Waals surface area (Å²) in [6.07, 6.45) is 0.388. The maximum absolute atomic E-state index is 11.4. The van der Waals surface area contributed by atoms with E-state index in [0.29, 0.717) is 0 Å². The number of ether oxygens (including phenoxy) is 1. The molecule has 0 aliphatic heterocycles. The number of carbonyl (C=O) groups excluding carboxylic acids is 1. The van der Waals surface area contributed by atoms with Crippen LogP contribution in [-0.4, -0.2) is 17.7 Å². The number of hydrazine groups is 1. The van der Waals surface area contributed by atoms with E-state index in [1.54, 1.807) is 0 Å². The Kier molecular flexibility index (Phi) is 5.16. The van der Waals surface area contributed by atoms with Crippen molar-refractivity contribution >= 4 is 6.09 Å². The van der Waals surface area contributed by atoms with Crippen LogP contribution >= 0.6 is 0 Å². The van der Waals surface area contributed by atoms with Gasteiger partial charge in [-0.2, -0.15) is 0 Å². The standard InChI is InChI=1S/C14H22N2O2/c1-11(10-12-8-6-5-7-9-12)15-16-13(17)18-14(2,3)4/h5-9,11,15H,10H2,1-4H3,(H,16,17). The average molecular weight is 250 g/mol. The van der Waals surface area contributed by atoms with E-state index < -0.39 is 11.7 Å². The van der Waals surface area contributed by atoms with Gasteiger partial charge in [0.25, 0.3) is 0 Å². The van der Waals surface area contributed by atoms with Crippen LogP contribution in [0.15, 0.2) is 30.3 Å². The summed E-state index contributed by atoms with van der Waals surface area (Å²) in [5, 5.41) is 0. The quantitative estimate of drug-likeness (QED) is 0.808. The number of carbonyl (C=O) groups is 1. The molecule has 1 atom stereocenters. The van der Waals surface area contributed by atoms with Crippen molar-refractivity contribution in [1.82, 2.24) is 10.9 Å². The lowest BCUT2D eigenvalue weighted by Gasteiger charge is -2.21. The molecule has 0 saturated heterocycles. The molecule has 2 N–H and O–H groups in total. The zero-order valence-corrected chi connectivity index (χ0v) is 11.5. The van der Waals surface area contributed by atoms with Gasteiger partial charge in [0, 0.05) is 6.04 Å². The molecule has 100 valence electrons. The Morgan fingerprint density at radius 3 is 2.44 bits per heavy atom. The largest absolute Gasteiger partial charge is 0.443 e. The van der Waals surface area contributed by atoms with Gasteiger partial charge in [-0.15, -0.1) is 0 Å². The van der Waals surface area contributed by atoms with Crippen LogP contribution in [0.4, 0.5) is 4.79 Å². The van der Waals surface area contributed by atoms with Crippen molar-refractivity contribution in [3.05, 3.63) is 35.9 Å². The summed E-state index contributed by atoms with van der Waals surface area (Å²) in [5.41, 5.74) is 6.22. The molecule has 0 spiro atoms. The summed E-state index contributed by atoms with van der Waals surface area (Å²) >= 11 is 0. The molecule has 0 radical (unpaired) electrons. The Morgan fingerprint density at radius 1 is 1.28 bits per heavy atom. The van der Waals surface area contributed by atoms with Crippen molar-refractivity contribution in [3.8, 4) is 0 Å². The van der Waals surface area contributed by atoms with E-state index in [-0.39, 0.29) is 6.04 Å². The van der Waals surface area contributed by atoms with Crippen molar-refractivity contribution in [1.29, 1.82) is 0 Å². The van der Waals surface area contributed by atoms with Gasteiger partial charge in [0.15, 0.2) is 0 Å². The first-order valence-corrected chi connectivity index (χ1v) is 6.15. The van der Waals surface area contributed by atoms with E-state index in [0.717, 1.165) is 6.42 Å². The monoisotopic (exact) mass is 250 g/mol. The van der Waals surface area contributed by atoms with Crippen LogP contribution in [-0.2, 0) is 11.2 Å². The second-order valence-electron chi connectivity index (χ2n) is 5.36. The summed E-state index contributed by atoms with van der Waals surface area (Å²) in [5.74, 6) is 0. The molecular weight excluding hydrogens is 228 g/mol. The van der Waals surface area contributed by atoms with Crippen molar-refractivity contribution < 1.29 is 9.53 Å². The minimum absolute atomic E-state index is 0.139. The highest BCUT2D eigenvalue weighted by atomic mass is 16.6. The van der Waals surface area contributed by atoms with E-state index in [1.807, 2.05) is 45.9 Å². The van der Waals surface area contributed by atoms with E-state index in [1.165, 1.54) is 5.56 Å². The second kappa shape index (κ2) is 6.40. The average Bonchev–Trinajstić information content (AvgIpc) is 2.25. The molecule has 0 aliphatic carbocycles. The first-order chi connectivity index (χ1) is 8.37. The van der Waals surface area contributed by atoms with Gasteiger partial charge in [-0.3, -0.25) is 5.43 Å². The molecule has 0 aromatic heterocycles. The summed E-state index contributed by atoms with van der Waals surface area (Å²) in [6, 6.07) is 10.3. The first kappa shape index (κ1) is 14.5. The van der Waals surface area contributed by atoms with Gasteiger partial charge in [-0.05, 0) is 39.7 Å². The Labute approximate surface area is 109 Å². The molecule has 4 heteroatoms. The number of rotatable bonds is 4. The number of amides is 1. The van der Waals surface area contributed by atoms with Crippen LogP contribution in [0.3, 0.4) is 0 Å². The third-order valence-electron chi connectivity index (χ3n) is 2.20. The van der Waals surface area contributed by atoms with Crippen LogP contribution < -0.4 is 10.9 Å². The van der Waals surface area contributed by atoms with Crippen LogP contribution in [0.1, 0.15) is 33.3 Å². The summed E-state index contributed by atoms with van der Waals surface area (Å²) in [4.78, 5) is 11.4. The molecule has 0 bridgehead atoms. The predicted molar refractivity (Wildman–Crippen MR) is 72.1 cm³/mol. The molecule has 1 amide bonds. The highest BCUT2D eigenvalue weighted by Gasteiger charge is 2.16. The molecule has 1 unspecified atom stereocenters. The van der Waals surface area contributed by atoms with Gasteiger partial charge in [0.1, 0.15) is 5.60 Å². The van der Waals surface area contributed by atoms with Crippen LogP contribution in [0.5, 0.6) is 0 Å². The number of hydrogen-bond donors (Lipinski definition) is 2. The Morgan fingerprint density at radius 2 is 1.89 bits per heavy atom. The highest BCUT2D eigenvalue weighted by Crippen LogP contribution is 2.06. The molecular formula is C14H22N2O2. The smallest absolute Gasteiger partial charge is 0.422 e. The molecule has 1 aromatic rings. The lowest BCUT2D eigenvalue weighted by molar-refractivity contribution is 0.0489. The Hall–Kier alpha value is -1.55. The maximum Gasteiger partial charge on any atom is 0.422 e. The second-order valence-corrected chi connectivity index (χ2v) is 5.36.